The number of aliphatic hydroxyl groups excluding tert-OH is 1. The number of amides is 2. The summed E-state index contributed by atoms with van der Waals surface area (Å²) in [5, 5.41) is 20.4. The zero-order valence-electron chi connectivity index (χ0n) is 11.2. The SMILES string of the molecule is N#Cc1ccc(NC(=O)N2CCN(CCO)CC2)cc1. The van der Waals surface area contributed by atoms with Gasteiger partial charge in [0.25, 0.3) is 0 Å². The highest BCUT2D eigenvalue weighted by molar-refractivity contribution is 5.89. The van der Waals surface area contributed by atoms with Gasteiger partial charge in [-0.3, -0.25) is 4.90 Å². The van der Waals surface area contributed by atoms with E-state index in [4.69, 9.17) is 10.4 Å². The molecule has 1 heterocycles. The van der Waals surface area contributed by atoms with Gasteiger partial charge in [-0.25, -0.2) is 4.79 Å². The van der Waals surface area contributed by atoms with Gasteiger partial charge in [0.1, 0.15) is 0 Å². The van der Waals surface area contributed by atoms with Gasteiger partial charge in [-0.05, 0) is 24.3 Å². The molecule has 0 spiro atoms. The van der Waals surface area contributed by atoms with Crippen molar-refractivity contribution >= 4 is 11.7 Å². The summed E-state index contributed by atoms with van der Waals surface area (Å²) in [6, 6.07) is 8.70. The molecule has 20 heavy (non-hydrogen) atoms. The average Bonchev–Trinajstić information content (AvgIpc) is 2.49. The Bertz CT molecular complexity index is 487. The van der Waals surface area contributed by atoms with Crippen LogP contribution in [0.2, 0.25) is 0 Å². The van der Waals surface area contributed by atoms with E-state index in [1.807, 2.05) is 6.07 Å². The van der Waals surface area contributed by atoms with E-state index in [0.717, 1.165) is 13.1 Å². The van der Waals surface area contributed by atoms with E-state index in [-0.39, 0.29) is 12.6 Å². The van der Waals surface area contributed by atoms with Crippen molar-refractivity contribution in [3.8, 4) is 6.07 Å². The number of hydrogen-bond acceptors (Lipinski definition) is 4. The normalized spacial score (nSPS) is 15.7. The molecule has 1 aliphatic rings. The fourth-order valence-corrected chi connectivity index (χ4v) is 2.15. The van der Waals surface area contributed by atoms with Crippen molar-refractivity contribution in [1.82, 2.24) is 9.80 Å². The van der Waals surface area contributed by atoms with E-state index in [9.17, 15) is 4.79 Å². The van der Waals surface area contributed by atoms with Crippen molar-refractivity contribution in [3.05, 3.63) is 29.8 Å². The number of piperazine rings is 1. The molecular weight excluding hydrogens is 256 g/mol. The Morgan fingerprint density at radius 2 is 1.90 bits per heavy atom. The molecule has 2 rings (SSSR count). The molecule has 6 nitrogen and oxygen atoms in total. The molecule has 106 valence electrons. The summed E-state index contributed by atoms with van der Waals surface area (Å²) in [6.07, 6.45) is 0. The lowest BCUT2D eigenvalue weighted by Crippen LogP contribution is -2.50. The second kappa shape index (κ2) is 6.89. The van der Waals surface area contributed by atoms with Gasteiger partial charge in [-0.2, -0.15) is 5.26 Å². The van der Waals surface area contributed by atoms with Crippen LogP contribution in [0, 0.1) is 11.3 Å². The Labute approximate surface area is 118 Å². The third-order valence-corrected chi connectivity index (χ3v) is 3.34. The summed E-state index contributed by atoms with van der Waals surface area (Å²) in [7, 11) is 0. The maximum Gasteiger partial charge on any atom is 0.321 e. The third kappa shape index (κ3) is 3.70. The number of nitrogens with one attached hydrogen (secondary N) is 1. The number of urea groups is 1. The number of rotatable bonds is 3. The van der Waals surface area contributed by atoms with Crippen LogP contribution in [0.15, 0.2) is 24.3 Å². The standard InChI is InChI=1S/C14H18N4O2/c15-11-12-1-3-13(4-2-12)16-14(20)18-7-5-17(6-8-18)9-10-19/h1-4,19H,5-10H2,(H,16,20). The summed E-state index contributed by atoms with van der Waals surface area (Å²) < 4.78 is 0. The zero-order valence-corrected chi connectivity index (χ0v) is 11.2. The molecule has 1 aromatic rings. The number of benzene rings is 1. The third-order valence-electron chi connectivity index (χ3n) is 3.34. The molecule has 0 radical (unpaired) electrons. The van der Waals surface area contributed by atoms with Crippen molar-refractivity contribution in [1.29, 1.82) is 5.26 Å². The van der Waals surface area contributed by atoms with Crippen LogP contribution in [0.3, 0.4) is 0 Å². The monoisotopic (exact) mass is 274 g/mol. The van der Waals surface area contributed by atoms with Crippen molar-refractivity contribution in [2.24, 2.45) is 0 Å². The van der Waals surface area contributed by atoms with Gasteiger partial charge in [-0.15, -0.1) is 0 Å². The van der Waals surface area contributed by atoms with Crippen LogP contribution in [0.1, 0.15) is 5.56 Å². The Hall–Kier alpha value is -2.10. The van der Waals surface area contributed by atoms with Crippen LogP contribution in [-0.2, 0) is 0 Å². The van der Waals surface area contributed by atoms with E-state index in [0.29, 0.717) is 30.9 Å². The van der Waals surface area contributed by atoms with Gasteiger partial charge in [0.15, 0.2) is 0 Å². The Kier molecular flexibility index (Phi) is 4.93. The maximum absolute atomic E-state index is 12.1. The Morgan fingerprint density at radius 1 is 1.25 bits per heavy atom. The molecular formula is C14H18N4O2. The van der Waals surface area contributed by atoms with Gasteiger partial charge >= 0.3 is 6.03 Å². The lowest BCUT2D eigenvalue weighted by atomic mass is 10.2. The minimum Gasteiger partial charge on any atom is -0.395 e. The van der Waals surface area contributed by atoms with Gasteiger partial charge in [0.2, 0.25) is 0 Å². The molecule has 2 amide bonds. The van der Waals surface area contributed by atoms with Crippen LogP contribution in [0.5, 0.6) is 0 Å². The highest BCUT2D eigenvalue weighted by atomic mass is 16.3. The van der Waals surface area contributed by atoms with Crippen LogP contribution >= 0.6 is 0 Å². The smallest absolute Gasteiger partial charge is 0.321 e. The van der Waals surface area contributed by atoms with E-state index in [1.54, 1.807) is 29.2 Å². The summed E-state index contributed by atoms with van der Waals surface area (Å²) in [5.74, 6) is 0. The highest BCUT2D eigenvalue weighted by Crippen LogP contribution is 2.10. The first-order chi connectivity index (χ1) is 9.72. The predicted molar refractivity (Wildman–Crippen MR) is 75.3 cm³/mol. The molecule has 1 fully saturated rings. The van der Waals surface area contributed by atoms with E-state index in [1.165, 1.54) is 0 Å². The maximum atomic E-state index is 12.1. The summed E-state index contributed by atoms with van der Waals surface area (Å²) in [6.45, 7) is 3.68. The van der Waals surface area contributed by atoms with Crippen molar-refractivity contribution in [2.45, 2.75) is 0 Å². The largest absolute Gasteiger partial charge is 0.395 e. The van der Waals surface area contributed by atoms with Gasteiger partial charge < -0.3 is 15.3 Å². The number of β-amino-alcohol motifs (C(OH)–C–C–N with tert-alkyl or cyclic N) is 1. The molecule has 0 aliphatic carbocycles. The minimum atomic E-state index is -0.127. The van der Waals surface area contributed by atoms with Crippen LogP contribution in [-0.4, -0.2) is 60.3 Å². The van der Waals surface area contributed by atoms with Crippen molar-refractivity contribution < 1.29 is 9.90 Å². The second-order valence-corrected chi connectivity index (χ2v) is 4.67. The molecule has 0 saturated carbocycles. The van der Waals surface area contributed by atoms with Crippen LogP contribution in [0.4, 0.5) is 10.5 Å². The number of aliphatic hydroxyl groups is 1. The fraction of sp³-hybridized carbons (Fsp3) is 0.429. The first-order valence-corrected chi connectivity index (χ1v) is 6.62. The Balaban J connectivity index is 1.84. The topological polar surface area (TPSA) is 79.6 Å². The number of nitriles is 1. The molecule has 0 aromatic heterocycles. The molecule has 0 unspecified atom stereocenters. The van der Waals surface area contributed by atoms with E-state index < -0.39 is 0 Å². The van der Waals surface area contributed by atoms with Crippen LogP contribution < -0.4 is 5.32 Å². The number of nitrogens with zero attached hydrogens (tertiary/aromatic N) is 3. The van der Waals surface area contributed by atoms with Gasteiger partial charge in [0.05, 0.1) is 18.2 Å². The van der Waals surface area contributed by atoms with Crippen molar-refractivity contribution in [3.63, 3.8) is 0 Å². The van der Waals surface area contributed by atoms with Crippen LogP contribution in [0.25, 0.3) is 0 Å². The summed E-state index contributed by atoms with van der Waals surface area (Å²) in [5.41, 5.74) is 1.26. The quantitative estimate of drug-likeness (QED) is 0.850. The van der Waals surface area contributed by atoms with Gasteiger partial charge in [0, 0.05) is 38.4 Å². The molecule has 1 saturated heterocycles. The van der Waals surface area contributed by atoms with Gasteiger partial charge in [-0.1, -0.05) is 0 Å². The molecule has 0 atom stereocenters. The summed E-state index contributed by atoms with van der Waals surface area (Å²) >= 11 is 0. The predicted octanol–water partition coefficient (Wildman–Crippen LogP) is 0.700. The zero-order chi connectivity index (χ0) is 14.4. The molecule has 6 heteroatoms. The minimum absolute atomic E-state index is 0.127. The lowest BCUT2D eigenvalue weighted by molar-refractivity contribution is 0.127. The number of hydrogen-bond donors (Lipinski definition) is 2. The van der Waals surface area contributed by atoms with E-state index in [2.05, 4.69) is 10.2 Å². The molecule has 0 bridgehead atoms. The Morgan fingerprint density at radius 3 is 2.45 bits per heavy atom. The number of carbonyl (C=O) groups excluding carboxylic acids is 1. The first-order valence-electron chi connectivity index (χ1n) is 6.62. The molecule has 2 N–H and O–H groups in total. The highest BCUT2D eigenvalue weighted by Gasteiger charge is 2.20. The average molecular weight is 274 g/mol. The second-order valence-electron chi connectivity index (χ2n) is 4.67. The molecule has 1 aromatic carbocycles. The van der Waals surface area contributed by atoms with Crippen molar-refractivity contribution in [2.75, 3.05) is 44.6 Å². The summed E-state index contributed by atoms with van der Waals surface area (Å²) in [4.78, 5) is 16.0. The molecule has 1 aliphatic heterocycles. The fourth-order valence-electron chi connectivity index (χ4n) is 2.15. The number of carbonyl (C=O) groups is 1. The number of anilines is 1. The first kappa shape index (κ1) is 14.3. The lowest BCUT2D eigenvalue weighted by Gasteiger charge is -2.34. The van der Waals surface area contributed by atoms with E-state index >= 15 is 0 Å².